The van der Waals surface area contributed by atoms with Gasteiger partial charge >= 0.3 is 0 Å². The minimum atomic E-state index is -3.63. The average Bonchev–Trinajstić information content (AvgIpc) is 3.60. The molecule has 1 aromatic heterocycles. The van der Waals surface area contributed by atoms with Crippen LogP contribution in [0.3, 0.4) is 0 Å². The summed E-state index contributed by atoms with van der Waals surface area (Å²) < 4.78 is 26.9. The standard InChI is InChI=1S/C33H40N8O4S/c1-21-7-16-28(46(44,45)41(2)3)19-29(21)26-6-4-5-23(17-26)18-30(36-32(42)25-10-8-22(20-34)9-11-25)33(43)35-27-14-12-24(13-15-27)31-37-39-40-38-31/h4-7,12-17,19,22,25,30H,8-11,18,20,34H2,1-3H3,(H,35,43)(H,36,42)(H,37,38,39,40)/t22?,25?,30-/m0/s1. The average molecular weight is 645 g/mol. The summed E-state index contributed by atoms with van der Waals surface area (Å²) in [5.41, 5.74) is 10.5. The number of nitrogens with one attached hydrogen (secondary N) is 3. The zero-order valence-electron chi connectivity index (χ0n) is 26.2. The highest BCUT2D eigenvalue weighted by atomic mass is 32.2. The number of anilines is 1. The molecule has 0 bridgehead atoms. The van der Waals surface area contributed by atoms with E-state index in [2.05, 4.69) is 31.3 Å². The number of amides is 2. The SMILES string of the molecule is Cc1ccc(S(=O)(=O)N(C)C)cc1-c1cccc(C[C@H](NC(=O)C2CCC(CN)CC2)C(=O)Nc2ccc(-c3nn[nH]n3)cc2)c1. The van der Waals surface area contributed by atoms with Crippen LogP contribution in [0.25, 0.3) is 22.5 Å². The van der Waals surface area contributed by atoms with Crippen LogP contribution in [0.1, 0.15) is 36.8 Å². The second-order valence-electron chi connectivity index (χ2n) is 12.0. The number of hydrogen-bond donors (Lipinski definition) is 4. The molecule has 5 rings (SSSR count). The molecule has 2 amide bonds. The molecule has 1 aliphatic rings. The second kappa shape index (κ2) is 14.3. The van der Waals surface area contributed by atoms with Crippen molar-refractivity contribution in [3.8, 4) is 22.5 Å². The lowest BCUT2D eigenvalue weighted by Crippen LogP contribution is -2.48. The molecule has 13 heteroatoms. The zero-order chi connectivity index (χ0) is 32.8. The minimum absolute atomic E-state index is 0.142. The smallest absolute Gasteiger partial charge is 0.247 e. The van der Waals surface area contributed by atoms with Gasteiger partial charge in [-0.2, -0.15) is 5.21 Å². The van der Waals surface area contributed by atoms with Gasteiger partial charge in [0, 0.05) is 37.7 Å². The van der Waals surface area contributed by atoms with Crippen LogP contribution in [-0.4, -0.2) is 71.8 Å². The van der Waals surface area contributed by atoms with E-state index in [1.165, 1.54) is 18.4 Å². The van der Waals surface area contributed by atoms with Gasteiger partial charge in [0.2, 0.25) is 27.7 Å². The van der Waals surface area contributed by atoms with Crippen molar-refractivity contribution in [1.82, 2.24) is 30.2 Å². The van der Waals surface area contributed by atoms with Gasteiger partial charge in [0.05, 0.1) is 4.90 Å². The number of carbonyl (C=O) groups excluding carboxylic acids is 2. The molecule has 3 aromatic carbocycles. The Morgan fingerprint density at radius 2 is 1.74 bits per heavy atom. The fourth-order valence-electron chi connectivity index (χ4n) is 5.76. The number of nitrogens with two attached hydrogens (primary N) is 1. The third-order valence-electron chi connectivity index (χ3n) is 8.61. The van der Waals surface area contributed by atoms with Crippen LogP contribution in [0.15, 0.2) is 71.6 Å². The van der Waals surface area contributed by atoms with E-state index in [4.69, 9.17) is 5.73 Å². The number of benzene rings is 3. The zero-order valence-corrected chi connectivity index (χ0v) is 27.0. The molecular weight excluding hydrogens is 604 g/mol. The van der Waals surface area contributed by atoms with E-state index in [-0.39, 0.29) is 29.0 Å². The molecule has 5 N–H and O–H groups in total. The van der Waals surface area contributed by atoms with Gasteiger partial charge in [0.15, 0.2) is 0 Å². The third-order valence-corrected chi connectivity index (χ3v) is 10.4. The van der Waals surface area contributed by atoms with Gasteiger partial charge in [0.1, 0.15) is 6.04 Å². The maximum absolute atomic E-state index is 13.7. The Morgan fingerprint density at radius 1 is 1.00 bits per heavy atom. The molecule has 1 atom stereocenters. The van der Waals surface area contributed by atoms with Crippen molar-refractivity contribution in [3.05, 3.63) is 77.9 Å². The normalized spacial score (nSPS) is 17.4. The Balaban J connectivity index is 1.39. The Kier molecular flexibility index (Phi) is 10.2. The predicted molar refractivity (Wildman–Crippen MR) is 176 cm³/mol. The van der Waals surface area contributed by atoms with Crippen molar-refractivity contribution < 1.29 is 18.0 Å². The molecule has 0 saturated heterocycles. The summed E-state index contributed by atoms with van der Waals surface area (Å²) in [6.45, 7) is 2.54. The van der Waals surface area contributed by atoms with Gasteiger partial charge in [-0.3, -0.25) is 9.59 Å². The fourth-order valence-corrected chi connectivity index (χ4v) is 6.69. The van der Waals surface area contributed by atoms with Gasteiger partial charge in [0.25, 0.3) is 0 Å². The molecule has 46 heavy (non-hydrogen) atoms. The fraction of sp³-hybridized carbons (Fsp3) is 0.364. The summed E-state index contributed by atoms with van der Waals surface area (Å²) in [5.74, 6) is 0.194. The summed E-state index contributed by atoms with van der Waals surface area (Å²) in [7, 11) is -0.623. The third kappa shape index (κ3) is 7.66. The van der Waals surface area contributed by atoms with Crippen LogP contribution in [0.4, 0.5) is 5.69 Å². The number of H-pyrrole nitrogens is 1. The quantitative estimate of drug-likeness (QED) is 0.192. The Bertz CT molecular complexity index is 1770. The van der Waals surface area contributed by atoms with Crippen molar-refractivity contribution in [3.63, 3.8) is 0 Å². The number of aryl methyl sites for hydroxylation is 1. The van der Waals surface area contributed by atoms with Crippen molar-refractivity contribution in [1.29, 1.82) is 0 Å². The summed E-state index contributed by atoms with van der Waals surface area (Å²) in [5, 5.41) is 19.9. The van der Waals surface area contributed by atoms with Crippen molar-refractivity contribution in [2.75, 3.05) is 26.0 Å². The van der Waals surface area contributed by atoms with Crippen LogP contribution < -0.4 is 16.4 Å². The van der Waals surface area contributed by atoms with E-state index in [9.17, 15) is 18.0 Å². The van der Waals surface area contributed by atoms with E-state index in [1.807, 2.05) is 31.2 Å². The molecule has 1 aliphatic carbocycles. The molecule has 1 fully saturated rings. The molecule has 1 saturated carbocycles. The van der Waals surface area contributed by atoms with Crippen LogP contribution in [0.2, 0.25) is 0 Å². The van der Waals surface area contributed by atoms with Gasteiger partial charge in [-0.15, -0.1) is 10.2 Å². The van der Waals surface area contributed by atoms with E-state index in [0.717, 1.165) is 53.5 Å². The number of rotatable bonds is 11. The number of nitrogens with zero attached hydrogens (tertiary/aromatic N) is 4. The van der Waals surface area contributed by atoms with Crippen molar-refractivity contribution >= 4 is 27.5 Å². The molecule has 4 aromatic rings. The first-order valence-corrected chi connectivity index (χ1v) is 16.8. The van der Waals surface area contributed by atoms with Crippen molar-refractivity contribution in [2.45, 2.75) is 50.0 Å². The Morgan fingerprint density at radius 3 is 2.39 bits per heavy atom. The highest BCUT2D eigenvalue weighted by Crippen LogP contribution is 2.30. The number of tetrazole rings is 1. The molecule has 0 unspecified atom stereocenters. The van der Waals surface area contributed by atoms with E-state index in [1.54, 1.807) is 42.5 Å². The molecule has 242 valence electrons. The highest BCUT2D eigenvalue weighted by Gasteiger charge is 2.29. The van der Waals surface area contributed by atoms with E-state index in [0.29, 0.717) is 24.0 Å². The number of aromatic amines is 1. The molecular formula is C33H40N8O4S. The first kappa shape index (κ1) is 32.9. The first-order chi connectivity index (χ1) is 22.0. The van der Waals surface area contributed by atoms with Crippen LogP contribution in [-0.2, 0) is 26.0 Å². The minimum Gasteiger partial charge on any atom is -0.344 e. The maximum atomic E-state index is 13.7. The van der Waals surface area contributed by atoms with Crippen LogP contribution >= 0.6 is 0 Å². The van der Waals surface area contributed by atoms with E-state index >= 15 is 0 Å². The number of carbonyl (C=O) groups is 2. The molecule has 1 heterocycles. The van der Waals surface area contributed by atoms with Gasteiger partial charge in [-0.05, 0) is 109 Å². The molecule has 0 spiro atoms. The van der Waals surface area contributed by atoms with Crippen LogP contribution in [0.5, 0.6) is 0 Å². The molecule has 12 nitrogen and oxygen atoms in total. The summed E-state index contributed by atoms with van der Waals surface area (Å²) in [4.78, 5) is 27.4. The lowest BCUT2D eigenvalue weighted by Gasteiger charge is -2.28. The highest BCUT2D eigenvalue weighted by molar-refractivity contribution is 7.89. The predicted octanol–water partition coefficient (Wildman–Crippen LogP) is 3.52. The van der Waals surface area contributed by atoms with Gasteiger partial charge < -0.3 is 16.4 Å². The summed E-state index contributed by atoms with van der Waals surface area (Å²) in [6, 6.07) is 18.9. The number of aromatic nitrogens is 4. The monoisotopic (exact) mass is 644 g/mol. The Labute approximate surface area is 269 Å². The molecule has 0 radical (unpaired) electrons. The number of sulfonamides is 1. The lowest BCUT2D eigenvalue weighted by molar-refractivity contribution is -0.130. The van der Waals surface area contributed by atoms with Gasteiger partial charge in [-0.25, -0.2) is 12.7 Å². The maximum Gasteiger partial charge on any atom is 0.247 e. The lowest BCUT2D eigenvalue weighted by atomic mass is 9.81. The van der Waals surface area contributed by atoms with E-state index < -0.39 is 16.1 Å². The largest absolute Gasteiger partial charge is 0.344 e. The summed E-state index contributed by atoms with van der Waals surface area (Å²) in [6.07, 6.45) is 3.49. The first-order valence-electron chi connectivity index (χ1n) is 15.3. The number of hydrogen-bond acceptors (Lipinski definition) is 8. The Hall–Kier alpha value is -4.46. The summed E-state index contributed by atoms with van der Waals surface area (Å²) >= 11 is 0. The van der Waals surface area contributed by atoms with Gasteiger partial charge in [-0.1, -0.05) is 30.3 Å². The topological polar surface area (TPSA) is 176 Å². The van der Waals surface area contributed by atoms with Crippen LogP contribution in [0, 0.1) is 18.8 Å². The second-order valence-corrected chi connectivity index (χ2v) is 14.1. The van der Waals surface area contributed by atoms with Crippen molar-refractivity contribution in [2.24, 2.45) is 17.6 Å². The molecule has 0 aliphatic heterocycles.